The number of likely N-dealkylation sites (tertiary alicyclic amines) is 1. The number of aromatic nitrogens is 2. The lowest BCUT2D eigenvalue weighted by Crippen LogP contribution is -2.39. The van der Waals surface area contributed by atoms with E-state index in [0.29, 0.717) is 11.2 Å². The largest absolute Gasteiger partial charge is 0.357 e. The molecule has 94 valence electrons. The zero-order valence-electron chi connectivity index (χ0n) is 10.4. The summed E-state index contributed by atoms with van der Waals surface area (Å²) in [6, 6.07) is 0.630. The number of halogens is 1. The quantitative estimate of drug-likeness (QED) is 0.823. The molecule has 0 radical (unpaired) electrons. The van der Waals surface area contributed by atoms with Crippen LogP contribution in [0.2, 0.25) is 5.15 Å². The first-order valence-electron chi connectivity index (χ1n) is 6.13. The molecule has 0 N–H and O–H groups in total. The average molecular weight is 255 g/mol. The molecule has 5 heteroatoms. The molecule has 1 atom stereocenters. The molecular weight excluding hydrogens is 236 g/mol. The van der Waals surface area contributed by atoms with Gasteiger partial charge in [0.2, 0.25) is 0 Å². The summed E-state index contributed by atoms with van der Waals surface area (Å²) >= 11 is 5.85. The number of hydrogen-bond donors (Lipinski definition) is 0. The third-order valence-corrected chi connectivity index (χ3v) is 3.56. The van der Waals surface area contributed by atoms with E-state index in [1.807, 2.05) is 7.05 Å². The van der Waals surface area contributed by atoms with E-state index in [4.69, 9.17) is 11.6 Å². The maximum Gasteiger partial charge on any atom is 0.149 e. The molecule has 2 heterocycles. The number of nitrogens with zero attached hydrogens (tertiary/aromatic N) is 4. The number of rotatable bonds is 4. The Labute approximate surface area is 108 Å². The van der Waals surface area contributed by atoms with Gasteiger partial charge < -0.3 is 4.90 Å². The maximum absolute atomic E-state index is 5.85. The van der Waals surface area contributed by atoms with Gasteiger partial charge in [0.25, 0.3) is 0 Å². The van der Waals surface area contributed by atoms with E-state index < -0.39 is 0 Å². The molecule has 0 bridgehead atoms. The monoisotopic (exact) mass is 254 g/mol. The maximum atomic E-state index is 5.85. The highest BCUT2D eigenvalue weighted by Gasteiger charge is 2.24. The van der Waals surface area contributed by atoms with Crippen molar-refractivity contribution >= 4 is 17.4 Å². The zero-order valence-corrected chi connectivity index (χ0v) is 11.2. The van der Waals surface area contributed by atoms with Crippen molar-refractivity contribution in [3.05, 3.63) is 17.5 Å². The van der Waals surface area contributed by atoms with Crippen molar-refractivity contribution in [2.24, 2.45) is 0 Å². The van der Waals surface area contributed by atoms with Crippen molar-refractivity contribution < 1.29 is 0 Å². The predicted octanol–water partition coefficient (Wildman–Crippen LogP) is 2.05. The Balaban J connectivity index is 1.99. The second-order valence-electron chi connectivity index (χ2n) is 4.51. The lowest BCUT2D eigenvalue weighted by molar-refractivity contribution is 0.270. The lowest BCUT2D eigenvalue weighted by atomic mass is 10.2. The summed E-state index contributed by atoms with van der Waals surface area (Å²) in [5, 5.41) is 0.452. The summed E-state index contributed by atoms with van der Waals surface area (Å²) in [7, 11) is 2.05. The van der Waals surface area contributed by atoms with Crippen LogP contribution in [0.15, 0.2) is 12.4 Å². The molecule has 4 nitrogen and oxygen atoms in total. The van der Waals surface area contributed by atoms with Gasteiger partial charge in [0, 0.05) is 19.6 Å². The highest BCUT2D eigenvalue weighted by molar-refractivity contribution is 6.29. The Kier molecular flexibility index (Phi) is 4.18. The topological polar surface area (TPSA) is 32.3 Å². The van der Waals surface area contributed by atoms with Crippen LogP contribution in [-0.2, 0) is 0 Å². The Morgan fingerprint density at radius 2 is 2.35 bits per heavy atom. The highest BCUT2D eigenvalue weighted by Crippen LogP contribution is 2.19. The van der Waals surface area contributed by atoms with Crippen LogP contribution >= 0.6 is 11.6 Å². The number of anilines is 1. The fourth-order valence-electron chi connectivity index (χ4n) is 2.44. The van der Waals surface area contributed by atoms with Crippen LogP contribution in [0.3, 0.4) is 0 Å². The molecule has 1 unspecified atom stereocenters. The van der Waals surface area contributed by atoms with Crippen molar-refractivity contribution in [3.63, 3.8) is 0 Å². The van der Waals surface area contributed by atoms with Gasteiger partial charge >= 0.3 is 0 Å². The van der Waals surface area contributed by atoms with Crippen molar-refractivity contribution in [2.45, 2.75) is 25.8 Å². The minimum absolute atomic E-state index is 0.452. The first-order chi connectivity index (χ1) is 8.20. The molecule has 1 fully saturated rings. The smallest absolute Gasteiger partial charge is 0.149 e. The molecule has 0 aromatic carbocycles. The van der Waals surface area contributed by atoms with Crippen LogP contribution in [0.25, 0.3) is 0 Å². The van der Waals surface area contributed by atoms with Crippen LogP contribution < -0.4 is 4.90 Å². The van der Waals surface area contributed by atoms with E-state index in [2.05, 4.69) is 26.7 Å². The summed E-state index contributed by atoms with van der Waals surface area (Å²) in [6.45, 7) is 5.55. The van der Waals surface area contributed by atoms with Crippen LogP contribution in [-0.4, -0.2) is 47.6 Å². The molecule has 17 heavy (non-hydrogen) atoms. The first kappa shape index (κ1) is 12.6. The molecule has 0 spiro atoms. The summed E-state index contributed by atoms with van der Waals surface area (Å²) in [5.41, 5.74) is 0. The molecule has 0 saturated carbocycles. The van der Waals surface area contributed by atoms with E-state index in [-0.39, 0.29) is 0 Å². The average Bonchev–Trinajstić information content (AvgIpc) is 2.76. The summed E-state index contributed by atoms with van der Waals surface area (Å²) < 4.78 is 0. The second-order valence-corrected chi connectivity index (χ2v) is 4.89. The molecule has 1 aliphatic rings. The molecule has 1 aromatic rings. The van der Waals surface area contributed by atoms with Gasteiger partial charge in [0.15, 0.2) is 0 Å². The molecule has 1 aliphatic heterocycles. The SMILES string of the molecule is CCN1CCCC1CN(C)c1cncc(Cl)n1. The van der Waals surface area contributed by atoms with Gasteiger partial charge in [-0.3, -0.25) is 9.88 Å². The fraction of sp³-hybridized carbons (Fsp3) is 0.667. The Bertz CT molecular complexity index is 371. The predicted molar refractivity (Wildman–Crippen MR) is 70.6 cm³/mol. The van der Waals surface area contributed by atoms with Crippen LogP contribution in [0.1, 0.15) is 19.8 Å². The second kappa shape index (κ2) is 5.65. The zero-order chi connectivity index (χ0) is 12.3. The Morgan fingerprint density at radius 1 is 1.53 bits per heavy atom. The number of hydrogen-bond acceptors (Lipinski definition) is 4. The third-order valence-electron chi connectivity index (χ3n) is 3.37. The summed E-state index contributed by atoms with van der Waals surface area (Å²) in [4.78, 5) is 13.0. The molecular formula is C12H19ClN4. The van der Waals surface area contributed by atoms with Gasteiger partial charge in [-0.1, -0.05) is 18.5 Å². The fourth-order valence-corrected chi connectivity index (χ4v) is 2.59. The van der Waals surface area contributed by atoms with E-state index >= 15 is 0 Å². The van der Waals surface area contributed by atoms with Crippen LogP contribution in [0.4, 0.5) is 5.82 Å². The minimum Gasteiger partial charge on any atom is -0.357 e. The van der Waals surface area contributed by atoms with Crippen molar-refractivity contribution in [2.75, 3.05) is 31.6 Å². The van der Waals surface area contributed by atoms with E-state index in [1.54, 1.807) is 12.4 Å². The third kappa shape index (κ3) is 3.07. The van der Waals surface area contributed by atoms with Crippen molar-refractivity contribution in [1.29, 1.82) is 0 Å². The van der Waals surface area contributed by atoms with Crippen molar-refractivity contribution in [1.82, 2.24) is 14.9 Å². The minimum atomic E-state index is 0.452. The van der Waals surface area contributed by atoms with Gasteiger partial charge in [0.1, 0.15) is 11.0 Å². The molecule has 1 saturated heterocycles. The van der Waals surface area contributed by atoms with E-state index in [0.717, 1.165) is 18.9 Å². The van der Waals surface area contributed by atoms with Crippen LogP contribution in [0.5, 0.6) is 0 Å². The summed E-state index contributed by atoms with van der Waals surface area (Å²) in [6.07, 6.45) is 5.89. The molecule has 0 aliphatic carbocycles. The number of likely N-dealkylation sites (N-methyl/N-ethyl adjacent to an activating group) is 2. The van der Waals surface area contributed by atoms with Gasteiger partial charge in [-0.25, -0.2) is 4.98 Å². The highest BCUT2D eigenvalue weighted by atomic mass is 35.5. The van der Waals surface area contributed by atoms with Gasteiger partial charge in [-0.2, -0.15) is 0 Å². The van der Waals surface area contributed by atoms with Crippen molar-refractivity contribution in [3.8, 4) is 0 Å². The van der Waals surface area contributed by atoms with Gasteiger partial charge in [-0.15, -0.1) is 0 Å². The summed E-state index contributed by atoms with van der Waals surface area (Å²) in [5.74, 6) is 0.848. The van der Waals surface area contributed by atoms with Crippen LogP contribution in [0, 0.1) is 0 Å². The van der Waals surface area contributed by atoms with E-state index in [9.17, 15) is 0 Å². The molecule has 2 rings (SSSR count). The first-order valence-corrected chi connectivity index (χ1v) is 6.51. The standard InChI is InChI=1S/C12H19ClN4/c1-3-17-6-4-5-10(17)9-16(2)12-8-14-7-11(13)15-12/h7-8,10H,3-6,9H2,1-2H3. The Hall–Kier alpha value is -0.870. The normalized spacial score (nSPS) is 20.8. The molecule has 1 aromatic heterocycles. The Morgan fingerprint density at radius 3 is 3.06 bits per heavy atom. The molecule has 0 amide bonds. The lowest BCUT2D eigenvalue weighted by Gasteiger charge is -2.28. The van der Waals surface area contributed by atoms with Gasteiger partial charge in [-0.05, 0) is 25.9 Å². The van der Waals surface area contributed by atoms with E-state index in [1.165, 1.54) is 19.4 Å². The van der Waals surface area contributed by atoms with Gasteiger partial charge in [0.05, 0.1) is 12.4 Å².